The summed E-state index contributed by atoms with van der Waals surface area (Å²) in [5.74, 6) is -0.432. The highest BCUT2D eigenvalue weighted by molar-refractivity contribution is 5.77. The molecule has 1 fully saturated rings. The molecule has 1 aliphatic rings. The molecule has 4 N–H and O–H groups in total. The molecule has 2 rings (SSSR count). The van der Waals surface area contributed by atoms with Gasteiger partial charge in [0.1, 0.15) is 6.04 Å². The standard InChI is InChI=1S/C13H19N3O2/c1-7-4-5-8(2)9(6-7)10-11(13(17)18-3)15-16-12(10)14/h4-6,10-12,15-16H,14H2,1-3H3. The second-order valence-electron chi connectivity index (χ2n) is 4.70. The van der Waals surface area contributed by atoms with Crippen molar-refractivity contribution in [2.24, 2.45) is 5.73 Å². The van der Waals surface area contributed by atoms with Crippen LogP contribution in [0.1, 0.15) is 22.6 Å². The number of hydrogen-bond donors (Lipinski definition) is 3. The van der Waals surface area contributed by atoms with Crippen LogP contribution < -0.4 is 16.6 Å². The first kappa shape index (κ1) is 13.0. The molecule has 0 amide bonds. The number of esters is 1. The summed E-state index contributed by atoms with van der Waals surface area (Å²) >= 11 is 0. The number of aryl methyl sites for hydroxylation is 2. The lowest BCUT2D eigenvalue weighted by atomic mass is 9.87. The van der Waals surface area contributed by atoms with Gasteiger partial charge in [-0.15, -0.1) is 0 Å². The van der Waals surface area contributed by atoms with Crippen LogP contribution >= 0.6 is 0 Å². The fourth-order valence-electron chi connectivity index (χ4n) is 2.40. The number of benzene rings is 1. The van der Waals surface area contributed by atoms with E-state index in [9.17, 15) is 4.79 Å². The summed E-state index contributed by atoms with van der Waals surface area (Å²) < 4.78 is 4.81. The normalized spacial score (nSPS) is 27.2. The summed E-state index contributed by atoms with van der Waals surface area (Å²) in [5.41, 5.74) is 15.2. The van der Waals surface area contributed by atoms with Gasteiger partial charge in [-0.05, 0) is 25.0 Å². The van der Waals surface area contributed by atoms with Gasteiger partial charge in [0.25, 0.3) is 0 Å². The molecule has 1 aromatic carbocycles. The molecule has 98 valence electrons. The van der Waals surface area contributed by atoms with Crippen molar-refractivity contribution in [2.45, 2.75) is 32.0 Å². The fourth-order valence-corrected chi connectivity index (χ4v) is 2.40. The molecule has 1 aromatic rings. The van der Waals surface area contributed by atoms with Gasteiger partial charge in [0.05, 0.1) is 13.3 Å². The lowest BCUT2D eigenvalue weighted by Gasteiger charge is -2.21. The number of hydrazine groups is 1. The van der Waals surface area contributed by atoms with Gasteiger partial charge in [-0.2, -0.15) is 0 Å². The zero-order chi connectivity index (χ0) is 13.3. The maximum absolute atomic E-state index is 11.8. The number of hydrogen-bond acceptors (Lipinski definition) is 5. The van der Waals surface area contributed by atoms with E-state index in [0.29, 0.717) is 0 Å². The molecule has 1 aliphatic heterocycles. The van der Waals surface area contributed by atoms with Crippen LogP contribution in [0.4, 0.5) is 0 Å². The van der Waals surface area contributed by atoms with E-state index in [1.807, 2.05) is 26.0 Å². The van der Waals surface area contributed by atoms with Crippen molar-refractivity contribution in [1.82, 2.24) is 10.9 Å². The third-order valence-electron chi connectivity index (χ3n) is 3.40. The van der Waals surface area contributed by atoms with E-state index in [2.05, 4.69) is 16.9 Å². The Labute approximate surface area is 107 Å². The van der Waals surface area contributed by atoms with E-state index in [1.54, 1.807) is 0 Å². The summed E-state index contributed by atoms with van der Waals surface area (Å²) in [6, 6.07) is 5.72. The monoisotopic (exact) mass is 249 g/mol. The van der Waals surface area contributed by atoms with Crippen LogP contribution in [-0.2, 0) is 9.53 Å². The van der Waals surface area contributed by atoms with E-state index in [0.717, 1.165) is 16.7 Å². The molecule has 0 radical (unpaired) electrons. The van der Waals surface area contributed by atoms with Crippen molar-refractivity contribution >= 4 is 5.97 Å². The van der Waals surface area contributed by atoms with E-state index < -0.39 is 6.04 Å². The molecule has 0 saturated carbocycles. The third-order valence-corrected chi connectivity index (χ3v) is 3.40. The zero-order valence-corrected chi connectivity index (χ0v) is 10.9. The molecule has 3 unspecified atom stereocenters. The number of rotatable bonds is 2. The van der Waals surface area contributed by atoms with Crippen molar-refractivity contribution in [1.29, 1.82) is 0 Å². The number of nitrogens with two attached hydrogens (primary N) is 1. The lowest BCUT2D eigenvalue weighted by molar-refractivity contribution is -0.143. The Bertz CT molecular complexity index is 462. The maximum Gasteiger partial charge on any atom is 0.324 e. The highest BCUT2D eigenvalue weighted by Gasteiger charge is 2.40. The summed E-state index contributed by atoms with van der Waals surface area (Å²) in [5, 5.41) is 0. The Hall–Kier alpha value is -1.43. The molecule has 3 atom stereocenters. The van der Waals surface area contributed by atoms with Crippen LogP contribution in [0.5, 0.6) is 0 Å². The Morgan fingerprint density at radius 3 is 2.72 bits per heavy atom. The minimum absolute atomic E-state index is 0.127. The molecule has 1 saturated heterocycles. The van der Waals surface area contributed by atoms with Crippen LogP contribution in [0, 0.1) is 13.8 Å². The van der Waals surface area contributed by atoms with Gasteiger partial charge >= 0.3 is 5.97 Å². The molecule has 5 heteroatoms. The fraction of sp³-hybridized carbons (Fsp3) is 0.462. The molecule has 0 aliphatic carbocycles. The van der Waals surface area contributed by atoms with Crippen molar-refractivity contribution in [2.75, 3.05) is 7.11 Å². The molecule has 0 bridgehead atoms. The lowest BCUT2D eigenvalue weighted by Crippen LogP contribution is -2.39. The van der Waals surface area contributed by atoms with E-state index in [4.69, 9.17) is 10.5 Å². The summed E-state index contributed by atoms with van der Waals surface area (Å²) in [7, 11) is 1.38. The smallest absolute Gasteiger partial charge is 0.324 e. The number of nitrogens with one attached hydrogen (secondary N) is 2. The SMILES string of the molecule is COC(=O)C1NNC(N)C1c1cc(C)ccc1C. The topological polar surface area (TPSA) is 76.4 Å². The highest BCUT2D eigenvalue weighted by atomic mass is 16.5. The van der Waals surface area contributed by atoms with E-state index in [-0.39, 0.29) is 18.1 Å². The van der Waals surface area contributed by atoms with Crippen LogP contribution in [0.15, 0.2) is 18.2 Å². The third kappa shape index (κ3) is 2.25. The van der Waals surface area contributed by atoms with Crippen molar-refractivity contribution in [3.05, 3.63) is 34.9 Å². The highest BCUT2D eigenvalue weighted by Crippen LogP contribution is 2.29. The number of carbonyl (C=O) groups is 1. The largest absolute Gasteiger partial charge is 0.468 e. The van der Waals surface area contributed by atoms with Gasteiger partial charge in [0.2, 0.25) is 0 Å². The van der Waals surface area contributed by atoms with Crippen molar-refractivity contribution in [3.63, 3.8) is 0 Å². The molecule has 0 spiro atoms. The predicted molar refractivity (Wildman–Crippen MR) is 68.7 cm³/mol. The number of carbonyl (C=O) groups excluding carboxylic acids is 1. The Morgan fingerprint density at radius 2 is 2.06 bits per heavy atom. The first-order valence-corrected chi connectivity index (χ1v) is 5.96. The predicted octanol–water partition coefficient (Wildman–Crippen LogP) is 0.321. The van der Waals surface area contributed by atoms with Gasteiger partial charge in [0, 0.05) is 5.92 Å². The van der Waals surface area contributed by atoms with Gasteiger partial charge in [-0.1, -0.05) is 23.8 Å². The van der Waals surface area contributed by atoms with Crippen molar-refractivity contribution < 1.29 is 9.53 Å². The molecule has 5 nitrogen and oxygen atoms in total. The number of methoxy groups -OCH3 is 1. The van der Waals surface area contributed by atoms with Gasteiger partial charge in [-0.25, -0.2) is 10.9 Å². The van der Waals surface area contributed by atoms with Crippen LogP contribution in [0.2, 0.25) is 0 Å². The van der Waals surface area contributed by atoms with Gasteiger partial charge in [0.15, 0.2) is 0 Å². The average molecular weight is 249 g/mol. The number of ether oxygens (including phenoxy) is 1. The van der Waals surface area contributed by atoms with Crippen LogP contribution in [-0.4, -0.2) is 25.3 Å². The second-order valence-corrected chi connectivity index (χ2v) is 4.70. The van der Waals surface area contributed by atoms with Crippen molar-refractivity contribution in [3.8, 4) is 0 Å². The zero-order valence-electron chi connectivity index (χ0n) is 10.9. The Morgan fingerprint density at radius 1 is 1.33 bits per heavy atom. The molecule has 18 heavy (non-hydrogen) atoms. The Kier molecular flexibility index (Phi) is 3.65. The summed E-state index contributed by atoms with van der Waals surface area (Å²) in [4.78, 5) is 11.8. The van der Waals surface area contributed by atoms with Gasteiger partial charge < -0.3 is 10.5 Å². The quantitative estimate of drug-likeness (QED) is 0.658. The van der Waals surface area contributed by atoms with Crippen LogP contribution in [0.25, 0.3) is 0 Å². The maximum atomic E-state index is 11.8. The van der Waals surface area contributed by atoms with E-state index in [1.165, 1.54) is 7.11 Å². The minimum atomic E-state index is -0.453. The first-order chi connectivity index (χ1) is 8.54. The van der Waals surface area contributed by atoms with Gasteiger partial charge in [-0.3, -0.25) is 4.79 Å². The summed E-state index contributed by atoms with van der Waals surface area (Å²) in [6.45, 7) is 4.05. The summed E-state index contributed by atoms with van der Waals surface area (Å²) in [6.07, 6.45) is -0.311. The van der Waals surface area contributed by atoms with Crippen LogP contribution in [0.3, 0.4) is 0 Å². The molecule has 1 heterocycles. The first-order valence-electron chi connectivity index (χ1n) is 5.96. The average Bonchev–Trinajstić information content (AvgIpc) is 2.73. The molecule has 0 aromatic heterocycles. The minimum Gasteiger partial charge on any atom is -0.468 e. The molecular weight excluding hydrogens is 230 g/mol. The molecular formula is C13H19N3O2. The second kappa shape index (κ2) is 5.06. The van der Waals surface area contributed by atoms with E-state index >= 15 is 0 Å². The Balaban J connectivity index is 2.39.